The maximum Gasteiger partial charge on any atom is 0.321 e. The molecular formula is C21H23ClN4O4. The van der Waals surface area contributed by atoms with Crippen LogP contribution in [0.5, 0.6) is 11.5 Å². The normalized spacial score (nSPS) is 10.6. The van der Waals surface area contributed by atoms with E-state index in [-0.39, 0.29) is 6.03 Å². The molecule has 2 aromatic carbocycles. The fourth-order valence-electron chi connectivity index (χ4n) is 2.71. The molecule has 3 aromatic rings. The lowest BCUT2D eigenvalue weighted by Gasteiger charge is -2.19. The number of amides is 2. The quantitative estimate of drug-likeness (QED) is 0.596. The van der Waals surface area contributed by atoms with E-state index in [1.165, 1.54) is 19.1 Å². The number of methoxy groups -OCH3 is 2. The highest BCUT2D eigenvalue weighted by Crippen LogP contribution is 2.36. The summed E-state index contributed by atoms with van der Waals surface area (Å²) in [6.07, 6.45) is 0.444. The van der Waals surface area contributed by atoms with Crippen LogP contribution in [0.4, 0.5) is 10.5 Å². The zero-order valence-corrected chi connectivity index (χ0v) is 18.0. The molecule has 0 atom stereocenters. The van der Waals surface area contributed by atoms with Gasteiger partial charge in [-0.25, -0.2) is 4.79 Å². The number of carbonyl (C=O) groups is 1. The summed E-state index contributed by atoms with van der Waals surface area (Å²) in [4.78, 5) is 18.5. The number of likely N-dealkylation sites (N-methyl/N-ethyl adjacent to an activating group) is 1. The Kier molecular flexibility index (Phi) is 6.79. The van der Waals surface area contributed by atoms with Crippen molar-refractivity contribution in [2.24, 2.45) is 0 Å². The first kappa shape index (κ1) is 21.4. The number of hydrogen-bond donors (Lipinski definition) is 1. The number of nitrogens with one attached hydrogen (secondary N) is 1. The van der Waals surface area contributed by atoms with Crippen LogP contribution in [0.3, 0.4) is 0 Å². The van der Waals surface area contributed by atoms with Gasteiger partial charge in [-0.05, 0) is 25.1 Å². The molecule has 0 aliphatic rings. The summed E-state index contributed by atoms with van der Waals surface area (Å²) in [6.45, 7) is 2.41. The van der Waals surface area contributed by atoms with Gasteiger partial charge in [-0.2, -0.15) is 4.98 Å². The maximum absolute atomic E-state index is 12.5. The van der Waals surface area contributed by atoms with E-state index in [1.807, 2.05) is 31.2 Å². The van der Waals surface area contributed by atoms with Gasteiger partial charge in [0.15, 0.2) is 5.82 Å². The van der Waals surface area contributed by atoms with Crippen molar-refractivity contribution in [3.8, 4) is 23.0 Å². The van der Waals surface area contributed by atoms with Gasteiger partial charge >= 0.3 is 6.03 Å². The van der Waals surface area contributed by atoms with Crippen molar-refractivity contribution in [1.29, 1.82) is 0 Å². The van der Waals surface area contributed by atoms with E-state index in [0.717, 1.165) is 11.1 Å². The molecule has 0 unspecified atom stereocenters. The summed E-state index contributed by atoms with van der Waals surface area (Å²) >= 11 is 6.15. The lowest BCUT2D eigenvalue weighted by atomic mass is 10.1. The minimum absolute atomic E-state index is 0.322. The van der Waals surface area contributed by atoms with Gasteiger partial charge in [0.25, 0.3) is 5.89 Å². The van der Waals surface area contributed by atoms with E-state index < -0.39 is 0 Å². The van der Waals surface area contributed by atoms with Gasteiger partial charge in [-0.1, -0.05) is 34.5 Å². The van der Waals surface area contributed by atoms with Crippen molar-refractivity contribution in [2.75, 3.05) is 33.1 Å². The van der Waals surface area contributed by atoms with Crippen LogP contribution in [-0.2, 0) is 6.42 Å². The SMILES string of the molecule is COc1cc(OC)c(NC(=O)N(C)CCc2noc(-c3ccc(C)cc3)n2)cc1Cl. The second-order valence-corrected chi connectivity index (χ2v) is 7.08. The van der Waals surface area contributed by atoms with Crippen LogP contribution in [0.2, 0.25) is 5.02 Å². The van der Waals surface area contributed by atoms with Crippen LogP contribution < -0.4 is 14.8 Å². The summed E-state index contributed by atoms with van der Waals surface area (Å²) in [7, 11) is 4.69. The minimum atomic E-state index is -0.322. The molecule has 0 aliphatic heterocycles. The Morgan fingerprint density at radius 1 is 1.17 bits per heavy atom. The van der Waals surface area contributed by atoms with Crippen molar-refractivity contribution in [3.63, 3.8) is 0 Å². The molecule has 0 saturated heterocycles. The molecule has 0 saturated carbocycles. The molecule has 2 amide bonds. The molecule has 1 heterocycles. The zero-order valence-electron chi connectivity index (χ0n) is 17.2. The third-order valence-electron chi connectivity index (χ3n) is 4.50. The summed E-state index contributed by atoms with van der Waals surface area (Å²) in [5.41, 5.74) is 2.45. The molecule has 0 bridgehead atoms. The second-order valence-electron chi connectivity index (χ2n) is 6.67. The van der Waals surface area contributed by atoms with Gasteiger partial charge in [-0.15, -0.1) is 0 Å². The van der Waals surface area contributed by atoms with Crippen molar-refractivity contribution in [2.45, 2.75) is 13.3 Å². The number of halogens is 1. The highest BCUT2D eigenvalue weighted by Gasteiger charge is 2.16. The zero-order chi connectivity index (χ0) is 21.7. The first-order chi connectivity index (χ1) is 14.4. The largest absolute Gasteiger partial charge is 0.495 e. The van der Waals surface area contributed by atoms with Crippen molar-refractivity contribution in [1.82, 2.24) is 15.0 Å². The average Bonchev–Trinajstić information content (AvgIpc) is 3.21. The van der Waals surface area contributed by atoms with Gasteiger partial charge < -0.3 is 24.2 Å². The van der Waals surface area contributed by atoms with Crippen LogP contribution in [0.25, 0.3) is 11.5 Å². The fourth-order valence-corrected chi connectivity index (χ4v) is 2.95. The molecule has 1 aromatic heterocycles. The van der Waals surface area contributed by atoms with Crippen LogP contribution >= 0.6 is 11.6 Å². The van der Waals surface area contributed by atoms with Crippen LogP contribution in [0, 0.1) is 6.92 Å². The predicted octanol–water partition coefficient (Wildman–Crippen LogP) is 4.42. The average molecular weight is 431 g/mol. The number of aryl methyl sites for hydroxylation is 1. The molecule has 0 fully saturated rings. The molecule has 30 heavy (non-hydrogen) atoms. The van der Waals surface area contributed by atoms with Gasteiger partial charge in [-0.3, -0.25) is 0 Å². The topological polar surface area (TPSA) is 89.7 Å². The molecule has 3 rings (SSSR count). The Morgan fingerprint density at radius 3 is 2.53 bits per heavy atom. The lowest BCUT2D eigenvalue weighted by Crippen LogP contribution is -2.33. The summed E-state index contributed by atoms with van der Waals surface area (Å²) in [5, 5.41) is 7.14. The molecule has 1 N–H and O–H groups in total. The highest BCUT2D eigenvalue weighted by molar-refractivity contribution is 6.32. The Bertz CT molecular complexity index is 1020. The van der Waals surface area contributed by atoms with Crippen molar-refractivity contribution in [3.05, 3.63) is 52.8 Å². The predicted molar refractivity (Wildman–Crippen MR) is 114 cm³/mol. The van der Waals surface area contributed by atoms with E-state index in [2.05, 4.69) is 15.5 Å². The number of aromatic nitrogens is 2. The minimum Gasteiger partial charge on any atom is -0.495 e. The fraction of sp³-hybridized carbons (Fsp3) is 0.286. The maximum atomic E-state index is 12.5. The summed E-state index contributed by atoms with van der Waals surface area (Å²) in [5.74, 6) is 1.88. The Morgan fingerprint density at radius 2 is 1.87 bits per heavy atom. The van der Waals surface area contributed by atoms with Crippen molar-refractivity contribution >= 4 is 23.3 Å². The van der Waals surface area contributed by atoms with Gasteiger partial charge in [0.05, 0.1) is 24.9 Å². The number of benzene rings is 2. The summed E-state index contributed by atoms with van der Waals surface area (Å²) < 4.78 is 15.8. The number of nitrogens with zero attached hydrogens (tertiary/aromatic N) is 3. The first-order valence-corrected chi connectivity index (χ1v) is 9.62. The van der Waals surface area contributed by atoms with Gasteiger partial charge in [0.2, 0.25) is 0 Å². The second kappa shape index (κ2) is 9.49. The molecule has 158 valence electrons. The van der Waals surface area contributed by atoms with E-state index in [1.54, 1.807) is 19.2 Å². The monoisotopic (exact) mass is 430 g/mol. The highest BCUT2D eigenvalue weighted by atomic mass is 35.5. The van der Waals surface area contributed by atoms with Gasteiger partial charge in [0, 0.05) is 31.6 Å². The van der Waals surface area contributed by atoms with Gasteiger partial charge in [0.1, 0.15) is 11.5 Å². The van der Waals surface area contributed by atoms with E-state index in [4.69, 9.17) is 25.6 Å². The lowest BCUT2D eigenvalue weighted by molar-refractivity contribution is 0.222. The smallest absolute Gasteiger partial charge is 0.321 e. The molecule has 8 nitrogen and oxygen atoms in total. The van der Waals surface area contributed by atoms with E-state index in [9.17, 15) is 4.79 Å². The molecule has 9 heteroatoms. The summed E-state index contributed by atoms with van der Waals surface area (Å²) in [6, 6.07) is 10.7. The molecule has 0 radical (unpaired) electrons. The third-order valence-corrected chi connectivity index (χ3v) is 4.80. The molecular weight excluding hydrogens is 408 g/mol. The molecule has 0 aliphatic carbocycles. The van der Waals surface area contributed by atoms with E-state index in [0.29, 0.717) is 46.9 Å². The number of urea groups is 1. The molecule has 0 spiro atoms. The van der Waals surface area contributed by atoms with Crippen LogP contribution in [-0.4, -0.2) is 48.9 Å². The van der Waals surface area contributed by atoms with E-state index >= 15 is 0 Å². The number of carbonyl (C=O) groups excluding carboxylic acids is 1. The number of hydrogen-bond acceptors (Lipinski definition) is 6. The number of rotatable bonds is 7. The Labute approximate surface area is 179 Å². The standard InChI is InChI=1S/C21H23ClN4O4/c1-13-5-7-14(8-6-13)20-24-19(25-30-20)9-10-26(2)21(27)23-16-11-15(22)17(28-3)12-18(16)29-4/h5-8,11-12H,9-10H2,1-4H3,(H,23,27). The number of anilines is 1. The van der Waals surface area contributed by atoms with Crippen LogP contribution in [0.1, 0.15) is 11.4 Å². The third kappa shape index (κ3) is 5.01. The Balaban J connectivity index is 1.60. The van der Waals surface area contributed by atoms with Crippen LogP contribution in [0.15, 0.2) is 40.9 Å². The Hall–Kier alpha value is -3.26. The first-order valence-electron chi connectivity index (χ1n) is 9.24. The van der Waals surface area contributed by atoms with Crippen molar-refractivity contribution < 1.29 is 18.8 Å². The number of ether oxygens (including phenoxy) is 2.